The third kappa shape index (κ3) is 3.06. The minimum Gasteiger partial charge on any atom is -0.497 e. The van der Waals surface area contributed by atoms with Gasteiger partial charge in [-0.2, -0.15) is 5.10 Å². The number of anilines is 1. The van der Waals surface area contributed by atoms with Crippen molar-refractivity contribution in [1.82, 2.24) is 14.8 Å². The number of carbonyl (C=O) groups excluding carboxylic acids is 1. The lowest BCUT2D eigenvalue weighted by molar-refractivity contribution is -0.116. The van der Waals surface area contributed by atoms with Crippen LogP contribution in [0.3, 0.4) is 0 Å². The van der Waals surface area contributed by atoms with E-state index in [1.165, 1.54) is 0 Å². The Balaban J connectivity index is 1.65. The second-order valence-corrected chi connectivity index (χ2v) is 4.83. The van der Waals surface area contributed by atoms with E-state index in [2.05, 4.69) is 15.4 Å². The lowest BCUT2D eigenvalue weighted by Gasteiger charge is -2.06. The molecule has 6 heteroatoms. The topological polar surface area (TPSA) is 69.0 Å². The molecule has 0 saturated heterocycles. The van der Waals surface area contributed by atoms with Gasteiger partial charge in [-0.1, -0.05) is 0 Å². The summed E-state index contributed by atoms with van der Waals surface area (Å²) in [6, 6.07) is 9.34. The molecule has 0 aliphatic carbocycles. The number of pyridine rings is 1. The van der Waals surface area contributed by atoms with Crippen LogP contribution >= 0.6 is 0 Å². The zero-order valence-corrected chi connectivity index (χ0v) is 12.2. The number of carbonyl (C=O) groups is 1. The average molecular weight is 296 g/mol. The summed E-state index contributed by atoms with van der Waals surface area (Å²) in [6.45, 7) is 0.516. The molecule has 2 heterocycles. The fourth-order valence-electron chi connectivity index (χ4n) is 2.24. The molecule has 0 aliphatic heterocycles. The Morgan fingerprint density at radius 1 is 1.32 bits per heavy atom. The van der Waals surface area contributed by atoms with Gasteiger partial charge in [-0.15, -0.1) is 0 Å². The van der Waals surface area contributed by atoms with Crippen LogP contribution in [0.15, 0.2) is 48.9 Å². The Hall–Kier alpha value is -2.89. The van der Waals surface area contributed by atoms with E-state index in [4.69, 9.17) is 4.74 Å². The molecular formula is C16H16N4O2. The van der Waals surface area contributed by atoms with Gasteiger partial charge in [0.25, 0.3) is 0 Å². The highest BCUT2D eigenvalue weighted by Crippen LogP contribution is 2.20. The van der Waals surface area contributed by atoms with Gasteiger partial charge in [0.1, 0.15) is 5.75 Å². The van der Waals surface area contributed by atoms with Crippen molar-refractivity contribution in [3.63, 3.8) is 0 Å². The molecule has 0 aliphatic rings. The summed E-state index contributed by atoms with van der Waals surface area (Å²) < 4.78 is 7.01. The molecule has 0 unspecified atom stereocenters. The highest BCUT2D eigenvalue weighted by atomic mass is 16.5. The van der Waals surface area contributed by atoms with Gasteiger partial charge >= 0.3 is 0 Å². The molecule has 1 aromatic carbocycles. The molecule has 3 aromatic rings. The first-order chi connectivity index (χ1) is 10.8. The largest absolute Gasteiger partial charge is 0.497 e. The van der Waals surface area contributed by atoms with Crippen molar-refractivity contribution in [2.75, 3.05) is 12.4 Å². The molecule has 0 radical (unpaired) electrons. The van der Waals surface area contributed by atoms with Gasteiger partial charge in [-0.3, -0.25) is 14.5 Å². The van der Waals surface area contributed by atoms with Crippen LogP contribution in [0.1, 0.15) is 6.42 Å². The van der Waals surface area contributed by atoms with Crippen molar-refractivity contribution in [3.8, 4) is 5.75 Å². The van der Waals surface area contributed by atoms with Crippen molar-refractivity contribution in [2.24, 2.45) is 0 Å². The van der Waals surface area contributed by atoms with E-state index < -0.39 is 0 Å². The Bertz CT molecular complexity index is 783. The van der Waals surface area contributed by atoms with Gasteiger partial charge in [0.05, 0.1) is 37.3 Å². The molecular weight excluding hydrogens is 280 g/mol. The number of rotatable bonds is 5. The molecule has 0 atom stereocenters. The standard InChI is InChI=1S/C16H16N4O2/c1-22-14-4-5-15-12(9-14)10-18-20(15)8-6-16(21)19-13-3-2-7-17-11-13/h2-5,7,9-11H,6,8H2,1H3,(H,19,21). The van der Waals surface area contributed by atoms with Gasteiger partial charge in [-0.25, -0.2) is 0 Å². The number of nitrogens with zero attached hydrogens (tertiary/aromatic N) is 3. The summed E-state index contributed by atoms with van der Waals surface area (Å²) in [5.74, 6) is 0.728. The van der Waals surface area contributed by atoms with Gasteiger partial charge in [0, 0.05) is 18.0 Å². The highest BCUT2D eigenvalue weighted by molar-refractivity contribution is 5.90. The maximum Gasteiger partial charge on any atom is 0.226 e. The van der Waals surface area contributed by atoms with Crippen LogP contribution in [0.2, 0.25) is 0 Å². The zero-order valence-electron chi connectivity index (χ0n) is 12.2. The van der Waals surface area contributed by atoms with Crippen molar-refractivity contribution < 1.29 is 9.53 Å². The fourth-order valence-corrected chi connectivity index (χ4v) is 2.24. The van der Waals surface area contributed by atoms with Crippen molar-refractivity contribution in [2.45, 2.75) is 13.0 Å². The van der Waals surface area contributed by atoms with Gasteiger partial charge in [0.15, 0.2) is 0 Å². The van der Waals surface area contributed by atoms with Crippen LogP contribution < -0.4 is 10.1 Å². The number of aromatic nitrogens is 3. The Morgan fingerprint density at radius 3 is 3.00 bits per heavy atom. The van der Waals surface area contributed by atoms with Crippen LogP contribution in [0, 0.1) is 0 Å². The van der Waals surface area contributed by atoms with E-state index in [1.54, 1.807) is 37.8 Å². The maximum atomic E-state index is 11.9. The second kappa shape index (κ2) is 6.26. The molecule has 2 aromatic heterocycles. The molecule has 0 saturated carbocycles. The van der Waals surface area contributed by atoms with E-state index >= 15 is 0 Å². The third-order valence-corrected chi connectivity index (χ3v) is 3.34. The zero-order chi connectivity index (χ0) is 15.4. The Morgan fingerprint density at radius 2 is 2.23 bits per heavy atom. The number of aryl methyl sites for hydroxylation is 1. The highest BCUT2D eigenvalue weighted by Gasteiger charge is 2.07. The number of methoxy groups -OCH3 is 1. The van der Waals surface area contributed by atoms with E-state index in [-0.39, 0.29) is 5.91 Å². The molecule has 0 fully saturated rings. The van der Waals surface area contributed by atoms with Crippen LogP contribution in [0.4, 0.5) is 5.69 Å². The first-order valence-corrected chi connectivity index (χ1v) is 6.96. The number of amides is 1. The van der Waals surface area contributed by atoms with Gasteiger partial charge < -0.3 is 10.1 Å². The second-order valence-electron chi connectivity index (χ2n) is 4.83. The number of ether oxygens (including phenoxy) is 1. The summed E-state index contributed by atoms with van der Waals surface area (Å²) in [4.78, 5) is 15.9. The first kappa shape index (κ1) is 14.1. The predicted octanol–water partition coefficient (Wildman–Crippen LogP) is 2.47. The summed E-state index contributed by atoms with van der Waals surface area (Å²) >= 11 is 0. The van der Waals surface area contributed by atoms with E-state index in [9.17, 15) is 4.79 Å². The Labute approximate surface area is 127 Å². The first-order valence-electron chi connectivity index (χ1n) is 6.96. The predicted molar refractivity (Wildman–Crippen MR) is 83.8 cm³/mol. The SMILES string of the molecule is COc1ccc2c(cnn2CCC(=O)Nc2cccnc2)c1. The quantitative estimate of drug-likeness (QED) is 0.785. The third-order valence-electron chi connectivity index (χ3n) is 3.34. The molecule has 0 bridgehead atoms. The van der Waals surface area contributed by atoms with Crippen molar-refractivity contribution in [1.29, 1.82) is 0 Å². The minimum atomic E-state index is -0.0647. The maximum absolute atomic E-state index is 11.9. The number of nitrogens with one attached hydrogen (secondary N) is 1. The Kier molecular flexibility index (Phi) is 4.00. The number of benzene rings is 1. The summed E-state index contributed by atoms with van der Waals surface area (Å²) in [5.41, 5.74) is 1.68. The summed E-state index contributed by atoms with van der Waals surface area (Å²) in [6.07, 6.45) is 5.40. The van der Waals surface area contributed by atoms with E-state index in [0.29, 0.717) is 18.7 Å². The van der Waals surface area contributed by atoms with Crippen LogP contribution in [-0.2, 0) is 11.3 Å². The van der Waals surface area contributed by atoms with Crippen LogP contribution in [0.25, 0.3) is 10.9 Å². The minimum absolute atomic E-state index is 0.0647. The van der Waals surface area contributed by atoms with Gasteiger partial charge in [-0.05, 0) is 30.3 Å². The average Bonchev–Trinajstić information content (AvgIpc) is 2.96. The smallest absolute Gasteiger partial charge is 0.226 e. The number of fused-ring (bicyclic) bond motifs is 1. The van der Waals surface area contributed by atoms with Crippen molar-refractivity contribution in [3.05, 3.63) is 48.9 Å². The lowest BCUT2D eigenvalue weighted by atomic mass is 10.2. The van der Waals surface area contributed by atoms with Crippen LogP contribution in [-0.4, -0.2) is 27.8 Å². The molecule has 6 nitrogen and oxygen atoms in total. The monoisotopic (exact) mass is 296 g/mol. The molecule has 3 rings (SSSR count). The van der Waals surface area contributed by atoms with Crippen molar-refractivity contribution >= 4 is 22.5 Å². The lowest BCUT2D eigenvalue weighted by Crippen LogP contribution is -2.15. The normalized spacial score (nSPS) is 10.6. The molecule has 1 amide bonds. The summed E-state index contributed by atoms with van der Waals surface area (Å²) in [5, 5.41) is 8.12. The van der Waals surface area contributed by atoms with E-state index in [0.717, 1.165) is 16.7 Å². The molecule has 1 N–H and O–H groups in total. The molecule has 0 spiro atoms. The summed E-state index contributed by atoms with van der Waals surface area (Å²) in [7, 11) is 1.63. The molecule has 22 heavy (non-hydrogen) atoms. The molecule has 112 valence electrons. The van der Waals surface area contributed by atoms with E-state index in [1.807, 2.05) is 22.9 Å². The number of hydrogen-bond donors (Lipinski definition) is 1. The van der Waals surface area contributed by atoms with Crippen LogP contribution in [0.5, 0.6) is 5.75 Å². The van der Waals surface area contributed by atoms with Gasteiger partial charge in [0.2, 0.25) is 5.91 Å². The number of hydrogen-bond acceptors (Lipinski definition) is 4. The fraction of sp³-hybridized carbons (Fsp3) is 0.188.